The first-order chi connectivity index (χ1) is 9.92. The van der Waals surface area contributed by atoms with Crippen LogP contribution in [0.3, 0.4) is 0 Å². The second-order valence-corrected chi connectivity index (χ2v) is 6.42. The van der Waals surface area contributed by atoms with Gasteiger partial charge in [-0.25, -0.2) is 0 Å². The Morgan fingerprint density at radius 3 is 2.90 bits per heavy atom. The summed E-state index contributed by atoms with van der Waals surface area (Å²) in [5.74, 6) is -0.0525. The van der Waals surface area contributed by atoms with E-state index in [1.807, 2.05) is 24.8 Å². The molecule has 0 spiro atoms. The third-order valence-corrected chi connectivity index (χ3v) is 4.29. The minimum Gasteiger partial charge on any atom is -0.392 e. The maximum absolute atomic E-state index is 12.1. The number of allylic oxidation sites excluding steroid dienone is 1. The number of thioether (sulfide) groups is 1. The average Bonchev–Trinajstić information content (AvgIpc) is 2.89. The number of hydrogen-bond donors (Lipinski definition) is 3. The zero-order valence-electron chi connectivity index (χ0n) is 13.3. The lowest BCUT2D eigenvalue weighted by molar-refractivity contribution is -0.123. The number of hydrogen-bond acceptors (Lipinski definition) is 5. The van der Waals surface area contributed by atoms with Crippen molar-refractivity contribution in [2.75, 3.05) is 19.3 Å². The maximum atomic E-state index is 12.1. The predicted molar refractivity (Wildman–Crippen MR) is 89.8 cm³/mol. The Morgan fingerprint density at radius 2 is 2.38 bits per heavy atom. The van der Waals surface area contributed by atoms with Gasteiger partial charge in [0, 0.05) is 18.5 Å². The van der Waals surface area contributed by atoms with E-state index in [9.17, 15) is 9.90 Å². The van der Waals surface area contributed by atoms with E-state index >= 15 is 0 Å². The molecule has 5 nitrogen and oxygen atoms in total. The highest BCUT2D eigenvalue weighted by Gasteiger charge is 2.32. The van der Waals surface area contributed by atoms with Crippen LogP contribution in [0.25, 0.3) is 0 Å². The van der Waals surface area contributed by atoms with E-state index in [2.05, 4.69) is 35.5 Å². The number of rotatable bonds is 7. The van der Waals surface area contributed by atoms with Gasteiger partial charge in [0.1, 0.15) is 0 Å². The molecule has 1 unspecified atom stereocenters. The quantitative estimate of drug-likeness (QED) is 0.375. The van der Waals surface area contributed by atoms with Crippen molar-refractivity contribution in [3.63, 3.8) is 0 Å². The molecule has 21 heavy (non-hydrogen) atoms. The highest BCUT2D eigenvalue weighted by Crippen LogP contribution is 2.25. The molecule has 6 heteroatoms. The molecule has 0 aromatic carbocycles. The molecule has 4 atom stereocenters. The molecule has 1 aliphatic heterocycles. The molecule has 1 saturated heterocycles. The first-order valence-electron chi connectivity index (χ1n) is 7.30. The molecular weight excluding hydrogens is 286 g/mol. The van der Waals surface area contributed by atoms with Gasteiger partial charge in [-0.2, -0.15) is 0 Å². The summed E-state index contributed by atoms with van der Waals surface area (Å²) in [6, 6.07) is -0.219. The number of aliphatic imine (C=N–C) groups is 1. The zero-order chi connectivity index (χ0) is 15.9. The van der Waals surface area contributed by atoms with Gasteiger partial charge in [0.2, 0.25) is 5.91 Å². The summed E-state index contributed by atoms with van der Waals surface area (Å²) in [5, 5.41) is 15.5. The Bertz CT molecular complexity index is 400. The summed E-state index contributed by atoms with van der Waals surface area (Å²) in [6.07, 6.45) is 6.11. The molecule has 1 aliphatic rings. The third-order valence-electron chi connectivity index (χ3n) is 3.96. The van der Waals surface area contributed by atoms with Crippen molar-refractivity contribution < 1.29 is 9.90 Å². The van der Waals surface area contributed by atoms with Gasteiger partial charge in [0.25, 0.3) is 0 Å². The molecule has 1 rings (SSSR count). The number of β-amino-alcohol motifs (C(OH)–C–C–N with tert-alkyl or cyclic N) is 1. The van der Waals surface area contributed by atoms with E-state index < -0.39 is 6.10 Å². The van der Waals surface area contributed by atoms with Crippen LogP contribution in [0, 0.1) is 5.41 Å². The van der Waals surface area contributed by atoms with Crippen LogP contribution in [-0.2, 0) is 4.79 Å². The summed E-state index contributed by atoms with van der Waals surface area (Å²) < 4.78 is 0. The van der Waals surface area contributed by atoms with Crippen molar-refractivity contribution in [1.29, 1.82) is 0 Å². The van der Waals surface area contributed by atoms with Crippen molar-refractivity contribution in [2.45, 2.75) is 45.4 Å². The number of aliphatic hydroxyl groups excluding tert-OH is 1. The largest absolute Gasteiger partial charge is 0.392 e. The van der Waals surface area contributed by atoms with Crippen LogP contribution in [-0.4, -0.2) is 54.1 Å². The highest BCUT2D eigenvalue weighted by atomic mass is 32.2. The topological polar surface area (TPSA) is 73.7 Å². The van der Waals surface area contributed by atoms with Crippen LogP contribution in [0.1, 0.15) is 27.2 Å². The van der Waals surface area contributed by atoms with Crippen LogP contribution in [0.15, 0.2) is 17.1 Å². The number of carbonyl (C=O) groups excluding carboxylic acids is 1. The summed E-state index contributed by atoms with van der Waals surface area (Å²) in [7, 11) is 0. The summed E-state index contributed by atoms with van der Waals surface area (Å²) in [6.45, 7) is 7.12. The lowest BCUT2D eigenvalue weighted by Gasteiger charge is -2.31. The van der Waals surface area contributed by atoms with E-state index in [1.165, 1.54) is 0 Å². The van der Waals surface area contributed by atoms with Gasteiger partial charge in [0.05, 0.1) is 23.7 Å². The molecule has 0 aromatic heterocycles. The third kappa shape index (κ3) is 5.45. The van der Waals surface area contributed by atoms with Gasteiger partial charge in [-0.1, -0.05) is 19.1 Å². The minimum absolute atomic E-state index is 0.0525. The van der Waals surface area contributed by atoms with Crippen molar-refractivity contribution in [3.05, 3.63) is 12.2 Å². The van der Waals surface area contributed by atoms with Crippen LogP contribution >= 0.6 is 11.8 Å². The molecule has 1 heterocycles. The summed E-state index contributed by atoms with van der Waals surface area (Å²) >= 11 is 1.57. The fraction of sp³-hybridized carbons (Fsp3) is 0.733. The van der Waals surface area contributed by atoms with Crippen molar-refractivity contribution in [3.8, 4) is 0 Å². The molecule has 0 saturated carbocycles. The second-order valence-electron chi connectivity index (χ2n) is 5.74. The van der Waals surface area contributed by atoms with Gasteiger partial charge in [-0.15, -0.1) is 11.8 Å². The summed E-state index contributed by atoms with van der Waals surface area (Å²) in [5.41, 5.74) is 1.61. The van der Waals surface area contributed by atoms with Crippen molar-refractivity contribution in [1.82, 2.24) is 10.6 Å². The number of nitrogens with one attached hydrogen (secondary N) is 2. The SMILES string of the molecule is C/C=C\C(C)(CNC(=O)[C@@H]1C[C@@H](O)CN1)[C@H](C)N=CSC. The van der Waals surface area contributed by atoms with Crippen LogP contribution in [0.5, 0.6) is 0 Å². The van der Waals surface area contributed by atoms with E-state index in [0.29, 0.717) is 19.5 Å². The van der Waals surface area contributed by atoms with Crippen LogP contribution in [0.2, 0.25) is 0 Å². The lowest BCUT2D eigenvalue weighted by Crippen LogP contribution is -2.46. The number of amides is 1. The Balaban J connectivity index is 2.61. The van der Waals surface area contributed by atoms with Gasteiger partial charge in [-0.3, -0.25) is 9.79 Å². The van der Waals surface area contributed by atoms with Gasteiger partial charge >= 0.3 is 0 Å². The monoisotopic (exact) mass is 313 g/mol. The number of carbonyl (C=O) groups is 1. The Hall–Kier alpha value is -0.850. The normalized spacial score (nSPS) is 27.1. The van der Waals surface area contributed by atoms with Crippen molar-refractivity contribution in [2.24, 2.45) is 10.4 Å². The Kier molecular flexibility index (Phi) is 7.42. The van der Waals surface area contributed by atoms with Gasteiger partial charge < -0.3 is 15.7 Å². The van der Waals surface area contributed by atoms with Gasteiger partial charge in [0.15, 0.2) is 0 Å². The van der Waals surface area contributed by atoms with Crippen LogP contribution < -0.4 is 10.6 Å². The van der Waals surface area contributed by atoms with E-state index in [1.54, 1.807) is 11.8 Å². The molecule has 120 valence electrons. The number of aliphatic hydroxyl groups is 1. The first-order valence-corrected chi connectivity index (χ1v) is 8.59. The standard InChI is InChI=1S/C15H27N3O2S/c1-5-6-15(3,11(2)18-10-21-4)9-17-14(20)13-7-12(19)8-16-13/h5-6,10-13,16,19H,7-9H2,1-4H3,(H,17,20)/b6-5-,18-10?/t11-,12+,13-,15?/m0/s1. The fourth-order valence-corrected chi connectivity index (χ4v) is 2.67. The predicted octanol–water partition coefficient (Wildman–Crippen LogP) is 1.19. The smallest absolute Gasteiger partial charge is 0.237 e. The first kappa shape index (κ1) is 18.2. The summed E-state index contributed by atoms with van der Waals surface area (Å²) in [4.78, 5) is 16.6. The Labute approximate surface area is 131 Å². The molecule has 1 amide bonds. The van der Waals surface area contributed by atoms with E-state index in [-0.39, 0.29) is 23.4 Å². The molecule has 1 fully saturated rings. The average molecular weight is 313 g/mol. The maximum Gasteiger partial charge on any atom is 0.237 e. The number of nitrogens with zero attached hydrogens (tertiary/aromatic N) is 1. The van der Waals surface area contributed by atoms with Crippen LogP contribution in [0.4, 0.5) is 0 Å². The van der Waals surface area contributed by atoms with Crippen molar-refractivity contribution >= 4 is 23.2 Å². The molecule has 0 aromatic rings. The second kappa shape index (κ2) is 8.56. The molecule has 0 radical (unpaired) electrons. The molecule has 3 N–H and O–H groups in total. The van der Waals surface area contributed by atoms with Gasteiger partial charge in [-0.05, 0) is 26.5 Å². The fourth-order valence-electron chi connectivity index (χ4n) is 2.37. The van der Waals surface area contributed by atoms with E-state index in [0.717, 1.165) is 0 Å². The van der Waals surface area contributed by atoms with E-state index in [4.69, 9.17) is 0 Å². The molecule has 0 aliphatic carbocycles. The minimum atomic E-state index is -0.423. The highest BCUT2D eigenvalue weighted by molar-refractivity contribution is 8.11. The molecular formula is C15H27N3O2S. The zero-order valence-corrected chi connectivity index (χ0v) is 14.1. The molecule has 0 bridgehead atoms. The Morgan fingerprint density at radius 1 is 1.67 bits per heavy atom. The lowest BCUT2D eigenvalue weighted by atomic mass is 9.82.